The molecule has 2 aromatic rings. The summed E-state index contributed by atoms with van der Waals surface area (Å²) in [5, 5.41) is 19.0. The summed E-state index contributed by atoms with van der Waals surface area (Å²) in [6.07, 6.45) is 0.587. The van der Waals surface area contributed by atoms with E-state index in [1.807, 2.05) is 31.2 Å². The fourth-order valence-corrected chi connectivity index (χ4v) is 2.85. The van der Waals surface area contributed by atoms with E-state index in [0.29, 0.717) is 17.9 Å². The van der Waals surface area contributed by atoms with Gasteiger partial charge in [0, 0.05) is 18.7 Å². The van der Waals surface area contributed by atoms with Gasteiger partial charge in [-0.3, -0.25) is 9.89 Å². The van der Waals surface area contributed by atoms with E-state index in [2.05, 4.69) is 20.5 Å². The number of carbonyl (C=O) groups is 2. The van der Waals surface area contributed by atoms with Gasteiger partial charge in [-0.2, -0.15) is 5.10 Å². The third-order valence-corrected chi connectivity index (χ3v) is 4.18. The van der Waals surface area contributed by atoms with Crippen molar-refractivity contribution in [3.63, 3.8) is 0 Å². The standard InChI is InChI=1S/C18H21N5O4/c1-11-19-15(22-21-11)9-12-3-5-13(6-4-12)20-16-14(18(26)27-2)10-23(7-8-24)17(16)25/h3-6,20,24H,7-10H2,1-2H3,(H,19,21,22). The Morgan fingerprint density at radius 3 is 2.70 bits per heavy atom. The molecule has 1 aromatic carbocycles. The zero-order chi connectivity index (χ0) is 19.4. The lowest BCUT2D eigenvalue weighted by Crippen LogP contribution is -2.31. The van der Waals surface area contributed by atoms with Gasteiger partial charge in [0.05, 0.1) is 25.8 Å². The zero-order valence-electron chi connectivity index (χ0n) is 15.2. The third-order valence-electron chi connectivity index (χ3n) is 4.18. The second-order valence-electron chi connectivity index (χ2n) is 6.13. The first-order valence-electron chi connectivity index (χ1n) is 8.47. The van der Waals surface area contributed by atoms with Crippen molar-refractivity contribution in [2.75, 3.05) is 32.1 Å². The molecule has 9 heteroatoms. The number of nitrogens with zero attached hydrogens (tertiary/aromatic N) is 3. The van der Waals surface area contributed by atoms with E-state index in [1.165, 1.54) is 12.0 Å². The highest BCUT2D eigenvalue weighted by molar-refractivity contribution is 6.08. The van der Waals surface area contributed by atoms with Crippen LogP contribution >= 0.6 is 0 Å². The summed E-state index contributed by atoms with van der Waals surface area (Å²) in [4.78, 5) is 30.2. The highest BCUT2D eigenvalue weighted by Gasteiger charge is 2.34. The highest BCUT2D eigenvalue weighted by Crippen LogP contribution is 2.23. The van der Waals surface area contributed by atoms with Crippen molar-refractivity contribution in [1.29, 1.82) is 0 Å². The first-order chi connectivity index (χ1) is 13.0. The number of aryl methyl sites for hydroxylation is 1. The molecule has 3 rings (SSSR count). The molecule has 0 spiro atoms. The summed E-state index contributed by atoms with van der Waals surface area (Å²) in [5.74, 6) is 0.555. The Labute approximate surface area is 156 Å². The van der Waals surface area contributed by atoms with Crippen molar-refractivity contribution in [3.05, 3.63) is 52.7 Å². The monoisotopic (exact) mass is 371 g/mol. The van der Waals surface area contributed by atoms with Crippen LogP contribution in [0.2, 0.25) is 0 Å². The van der Waals surface area contributed by atoms with E-state index < -0.39 is 5.97 Å². The predicted octanol–water partition coefficient (Wildman–Crippen LogP) is 0.377. The SMILES string of the molecule is COC(=O)C1=C(Nc2ccc(Cc3n[nH]c(C)n3)cc2)C(=O)N(CCO)C1. The number of hydrogen-bond acceptors (Lipinski definition) is 7. The van der Waals surface area contributed by atoms with Gasteiger partial charge in [-0.25, -0.2) is 9.78 Å². The molecule has 0 atom stereocenters. The summed E-state index contributed by atoms with van der Waals surface area (Å²) in [7, 11) is 1.27. The van der Waals surface area contributed by atoms with E-state index in [9.17, 15) is 9.59 Å². The Morgan fingerprint density at radius 2 is 2.11 bits per heavy atom. The summed E-state index contributed by atoms with van der Waals surface area (Å²) < 4.78 is 4.77. The minimum atomic E-state index is -0.567. The molecule has 0 fully saturated rings. The van der Waals surface area contributed by atoms with Gasteiger partial charge >= 0.3 is 5.97 Å². The normalized spacial score (nSPS) is 14.0. The molecular formula is C18H21N5O4. The number of aromatic amines is 1. The number of aromatic nitrogens is 3. The number of rotatable bonds is 7. The minimum Gasteiger partial charge on any atom is -0.466 e. The maximum absolute atomic E-state index is 12.5. The third kappa shape index (κ3) is 4.14. The van der Waals surface area contributed by atoms with Gasteiger partial charge in [0.2, 0.25) is 0 Å². The molecule has 0 saturated heterocycles. The highest BCUT2D eigenvalue weighted by atomic mass is 16.5. The zero-order valence-corrected chi connectivity index (χ0v) is 15.2. The van der Waals surface area contributed by atoms with E-state index in [1.54, 1.807) is 0 Å². The molecule has 3 N–H and O–H groups in total. The largest absolute Gasteiger partial charge is 0.466 e. The smallest absolute Gasteiger partial charge is 0.337 e. The molecule has 1 amide bonds. The first kappa shape index (κ1) is 18.6. The van der Waals surface area contributed by atoms with Gasteiger partial charge in [0.25, 0.3) is 5.91 Å². The molecule has 0 aliphatic carbocycles. The van der Waals surface area contributed by atoms with Crippen LogP contribution in [0, 0.1) is 6.92 Å². The summed E-state index contributed by atoms with van der Waals surface area (Å²) in [6, 6.07) is 7.44. The van der Waals surface area contributed by atoms with E-state index in [-0.39, 0.29) is 36.9 Å². The number of amides is 1. The number of esters is 1. The molecule has 0 unspecified atom stereocenters. The number of H-pyrrole nitrogens is 1. The first-order valence-corrected chi connectivity index (χ1v) is 8.47. The number of nitrogens with one attached hydrogen (secondary N) is 2. The fourth-order valence-electron chi connectivity index (χ4n) is 2.85. The van der Waals surface area contributed by atoms with Crippen molar-refractivity contribution in [3.8, 4) is 0 Å². The van der Waals surface area contributed by atoms with Crippen LogP contribution in [0.25, 0.3) is 0 Å². The minimum absolute atomic E-state index is 0.108. The molecule has 1 aliphatic heterocycles. The molecule has 0 radical (unpaired) electrons. The van der Waals surface area contributed by atoms with Gasteiger partial charge in [0.1, 0.15) is 11.5 Å². The number of aliphatic hydroxyl groups is 1. The molecule has 1 aliphatic rings. The van der Waals surface area contributed by atoms with Crippen LogP contribution in [0.15, 0.2) is 35.5 Å². The van der Waals surface area contributed by atoms with E-state index in [4.69, 9.17) is 9.84 Å². The van der Waals surface area contributed by atoms with Gasteiger partial charge in [0.15, 0.2) is 5.82 Å². The lowest BCUT2D eigenvalue weighted by Gasteiger charge is -2.15. The van der Waals surface area contributed by atoms with Gasteiger partial charge in [-0.15, -0.1) is 0 Å². The summed E-state index contributed by atoms with van der Waals surface area (Å²) in [6.45, 7) is 1.92. The van der Waals surface area contributed by atoms with Crippen LogP contribution in [0.5, 0.6) is 0 Å². The van der Waals surface area contributed by atoms with E-state index in [0.717, 1.165) is 11.4 Å². The maximum Gasteiger partial charge on any atom is 0.337 e. The number of carbonyl (C=O) groups excluding carboxylic acids is 2. The predicted molar refractivity (Wildman–Crippen MR) is 96.7 cm³/mol. The van der Waals surface area contributed by atoms with E-state index >= 15 is 0 Å². The topological polar surface area (TPSA) is 120 Å². The summed E-state index contributed by atoms with van der Waals surface area (Å²) >= 11 is 0. The van der Waals surface area contributed by atoms with Gasteiger partial charge in [-0.1, -0.05) is 12.1 Å². The quantitative estimate of drug-likeness (QED) is 0.602. The fraction of sp³-hybridized carbons (Fsp3) is 0.333. The maximum atomic E-state index is 12.5. The van der Waals surface area contributed by atoms with Gasteiger partial charge in [-0.05, 0) is 24.6 Å². The van der Waals surface area contributed by atoms with Gasteiger partial charge < -0.3 is 20.1 Å². The van der Waals surface area contributed by atoms with Crippen molar-refractivity contribution in [2.45, 2.75) is 13.3 Å². The molecule has 0 saturated carbocycles. The number of anilines is 1. The Morgan fingerprint density at radius 1 is 1.37 bits per heavy atom. The van der Waals surface area contributed by atoms with Crippen molar-refractivity contribution >= 4 is 17.6 Å². The Bertz CT molecular complexity index is 872. The Hall–Kier alpha value is -3.20. The number of β-amino-alcohol motifs (C(OH)–C–C–N with tert-alkyl or cyclic N) is 1. The number of ether oxygens (including phenoxy) is 1. The van der Waals surface area contributed by atoms with Crippen molar-refractivity contribution in [2.24, 2.45) is 0 Å². The van der Waals surface area contributed by atoms with Crippen LogP contribution in [0.3, 0.4) is 0 Å². The van der Waals surface area contributed by atoms with Crippen molar-refractivity contribution in [1.82, 2.24) is 20.1 Å². The lowest BCUT2D eigenvalue weighted by molar-refractivity contribution is -0.136. The molecule has 142 valence electrons. The Balaban J connectivity index is 1.75. The molecule has 0 bridgehead atoms. The van der Waals surface area contributed by atoms with Crippen molar-refractivity contribution < 1.29 is 19.4 Å². The van der Waals surface area contributed by atoms with Crippen LogP contribution in [0.4, 0.5) is 5.69 Å². The molecular weight excluding hydrogens is 350 g/mol. The second kappa shape index (κ2) is 8.00. The Kier molecular flexibility index (Phi) is 5.51. The molecule has 9 nitrogen and oxygen atoms in total. The number of hydrogen-bond donors (Lipinski definition) is 3. The molecule has 27 heavy (non-hydrogen) atoms. The average Bonchev–Trinajstić information content (AvgIpc) is 3.21. The number of aliphatic hydroxyl groups excluding tert-OH is 1. The molecule has 1 aromatic heterocycles. The number of methoxy groups -OCH3 is 1. The van der Waals surface area contributed by atoms with Crippen LogP contribution in [0.1, 0.15) is 17.2 Å². The average molecular weight is 371 g/mol. The van der Waals surface area contributed by atoms with Crippen LogP contribution in [-0.2, 0) is 20.7 Å². The second-order valence-corrected chi connectivity index (χ2v) is 6.13. The lowest BCUT2D eigenvalue weighted by atomic mass is 10.1. The van der Waals surface area contributed by atoms with Crippen LogP contribution in [-0.4, -0.2) is 63.9 Å². The molecule has 2 heterocycles. The summed E-state index contributed by atoms with van der Waals surface area (Å²) in [5.41, 5.74) is 2.10. The van der Waals surface area contributed by atoms with Crippen LogP contribution < -0.4 is 5.32 Å². The number of benzene rings is 1.